The summed E-state index contributed by atoms with van der Waals surface area (Å²) in [6.45, 7) is 21.1. The second-order valence-electron chi connectivity index (χ2n) is 22.7. The molecular formula is C56H99N7O12. The zero-order chi connectivity index (χ0) is 57.3. The van der Waals surface area contributed by atoms with Crippen molar-refractivity contribution in [1.82, 2.24) is 21.3 Å². The van der Waals surface area contributed by atoms with Crippen molar-refractivity contribution in [3.63, 3.8) is 0 Å². The van der Waals surface area contributed by atoms with E-state index in [1.54, 1.807) is 27.7 Å². The zero-order valence-corrected chi connectivity index (χ0v) is 47.6. The van der Waals surface area contributed by atoms with Crippen molar-refractivity contribution in [1.29, 1.82) is 0 Å². The Kier molecular flexibility index (Phi) is 32.0. The fourth-order valence-corrected chi connectivity index (χ4v) is 9.74. The van der Waals surface area contributed by atoms with Crippen molar-refractivity contribution >= 4 is 58.5 Å². The van der Waals surface area contributed by atoms with Gasteiger partial charge >= 0.3 is 5.97 Å². The van der Waals surface area contributed by atoms with Gasteiger partial charge in [-0.1, -0.05) is 102 Å². The van der Waals surface area contributed by atoms with Crippen LogP contribution in [0.25, 0.3) is 0 Å². The number of nitrogens with one attached hydrogen (secondary N) is 4. The largest absolute Gasteiger partial charge is 0.460 e. The monoisotopic (exact) mass is 1060 g/mol. The number of cyclic esters (lactones) is 1. The highest BCUT2D eigenvalue weighted by Crippen LogP contribution is 2.27. The lowest BCUT2D eigenvalue weighted by atomic mass is 9.81. The highest BCUT2D eigenvalue weighted by Gasteiger charge is 2.39. The minimum atomic E-state index is -1.57. The molecule has 4 amide bonds. The summed E-state index contributed by atoms with van der Waals surface area (Å²) in [5.41, 5.74) is 17.9. The fraction of sp³-hybridized carbons (Fsp3) is 0.821. The Morgan fingerprint density at radius 1 is 0.467 bits per heavy atom. The molecule has 19 nitrogen and oxygen atoms in total. The number of nitrogens with two attached hydrogens (primary N) is 3. The van der Waals surface area contributed by atoms with E-state index in [1.807, 2.05) is 55.4 Å². The van der Waals surface area contributed by atoms with Gasteiger partial charge in [-0.2, -0.15) is 0 Å². The molecule has 0 bridgehead atoms. The average Bonchev–Trinajstić information content (AvgIpc) is 3.34. The summed E-state index contributed by atoms with van der Waals surface area (Å²) in [5, 5.41) is 21.6. The van der Waals surface area contributed by atoms with Crippen molar-refractivity contribution in [3.8, 4) is 0 Å². The molecule has 0 radical (unpaired) electrons. The molecule has 0 spiro atoms. The van der Waals surface area contributed by atoms with Crippen molar-refractivity contribution in [3.05, 3.63) is 0 Å². The zero-order valence-electron chi connectivity index (χ0n) is 47.6. The maximum atomic E-state index is 14.4. The Bertz CT molecular complexity index is 1880. The smallest absolute Gasteiger partial charge is 0.331 e. The summed E-state index contributed by atoms with van der Waals surface area (Å²) in [5.74, 6) is -12.1. The first-order valence-electron chi connectivity index (χ1n) is 28.0. The van der Waals surface area contributed by atoms with Gasteiger partial charge in [0, 0.05) is 68.1 Å². The molecular weight excluding hydrogens is 963 g/mol. The molecule has 1 fully saturated rings. The summed E-state index contributed by atoms with van der Waals surface area (Å²) in [6, 6.07) is -4.76. The number of esters is 1. The molecule has 1 aliphatic heterocycles. The summed E-state index contributed by atoms with van der Waals surface area (Å²) in [6.07, 6.45) is -0.641. The van der Waals surface area contributed by atoms with E-state index in [0.717, 1.165) is 0 Å². The molecule has 1 rings (SSSR count). The molecule has 11 unspecified atom stereocenters. The highest BCUT2D eigenvalue weighted by molar-refractivity contribution is 5.98. The molecule has 0 aromatic heterocycles. The first-order valence-corrected chi connectivity index (χ1v) is 28.0. The SMILES string of the molecule is CCC(C)C1CC(=O)CC(CCN)C(=O)N[C@@H]([C@H](C)CC)C(=O)CC(CCN)C(=O)NC(C(C)CC)C(=O)CC(CC(C)C)C(=O)CC(CCN)C(=O)NC(C(C)C)C(=O)CC(CC(C)C)C(=O)NC(CO)C(=O)O1. The first-order chi connectivity index (χ1) is 35.2. The van der Waals surface area contributed by atoms with Crippen LogP contribution in [0.5, 0.6) is 0 Å². The molecule has 19 heteroatoms. The highest BCUT2D eigenvalue weighted by atomic mass is 16.5. The van der Waals surface area contributed by atoms with E-state index >= 15 is 0 Å². The second-order valence-corrected chi connectivity index (χ2v) is 22.7. The lowest BCUT2D eigenvalue weighted by Gasteiger charge is -2.29. The summed E-state index contributed by atoms with van der Waals surface area (Å²) in [7, 11) is 0. The minimum Gasteiger partial charge on any atom is -0.460 e. The van der Waals surface area contributed by atoms with Gasteiger partial charge in [-0.3, -0.25) is 43.2 Å². The van der Waals surface area contributed by atoms with E-state index in [-0.39, 0.29) is 113 Å². The van der Waals surface area contributed by atoms with Crippen LogP contribution < -0.4 is 38.5 Å². The topological polar surface area (TPSA) is 326 Å². The van der Waals surface area contributed by atoms with Gasteiger partial charge in [-0.15, -0.1) is 0 Å². The number of ketones is 5. The molecule has 75 heavy (non-hydrogen) atoms. The molecule has 1 saturated heterocycles. The van der Waals surface area contributed by atoms with E-state index < -0.39 is 131 Å². The minimum absolute atomic E-state index is 0.0289. The quantitative estimate of drug-likeness (QED) is 0.0898. The van der Waals surface area contributed by atoms with E-state index in [4.69, 9.17) is 21.9 Å². The van der Waals surface area contributed by atoms with Crippen molar-refractivity contribution in [2.45, 2.75) is 203 Å². The average molecular weight is 1060 g/mol. The number of hydrogen-bond donors (Lipinski definition) is 8. The molecule has 0 aromatic rings. The Labute approximate surface area is 448 Å². The van der Waals surface area contributed by atoms with Crippen molar-refractivity contribution < 1.29 is 57.8 Å². The fourth-order valence-electron chi connectivity index (χ4n) is 9.74. The Morgan fingerprint density at radius 2 is 0.827 bits per heavy atom. The maximum Gasteiger partial charge on any atom is 0.331 e. The number of rotatable bonds is 18. The number of carbonyl (C=O) groups excluding carboxylic acids is 10. The molecule has 0 aliphatic carbocycles. The molecule has 430 valence electrons. The Hall–Kier alpha value is -4.46. The van der Waals surface area contributed by atoms with Gasteiger partial charge < -0.3 is 48.3 Å². The Balaban J connectivity index is 4.04. The van der Waals surface area contributed by atoms with Gasteiger partial charge in [-0.25, -0.2) is 4.79 Å². The molecule has 11 N–H and O–H groups in total. The lowest BCUT2D eigenvalue weighted by Crippen LogP contribution is -2.51. The van der Waals surface area contributed by atoms with E-state index in [0.29, 0.717) is 25.7 Å². The van der Waals surface area contributed by atoms with Gasteiger partial charge in [0.15, 0.2) is 23.4 Å². The lowest BCUT2D eigenvalue weighted by molar-refractivity contribution is -0.158. The predicted octanol–water partition coefficient (Wildman–Crippen LogP) is 4.04. The van der Waals surface area contributed by atoms with Crippen LogP contribution in [0.15, 0.2) is 0 Å². The van der Waals surface area contributed by atoms with Crippen LogP contribution in [-0.2, 0) is 52.7 Å². The summed E-state index contributed by atoms with van der Waals surface area (Å²) >= 11 is 0. The summed E-state index contributed by atoms with van der Waals surface area (Å²) < 4.78 is 5.85. The number of Topliss-reactive ketones (excluding diaryl/α,β-unsaturated/α-hetero) is 5. The molecule has 1 heterocycles. The van der Waals surface area contributed by atoms with Crippen LogP contribution >= 0.6 is 0 Å². The maximum absolute atomic E-state index is 14.4. The summed E-state index contributed by atoms with van der Waals surface area (Å²) in [4.78, 5) is 141. The van der Waals surface area contributed by atoms with Crippen LogP contribution in [0.4, 0.5) is 0 Å². The Morgan fingerprint density at radius 3 is 1.23 bits per heavy atom. The molecule has 0 aromatic carbocycles. The van der Waals surface area contributed by atoms with Crippen LogP contribution in [0.1, 0.15) is 173 Å². The van der Waals surface area contributed by atoms with Gasteiger partial charge in [-0.05, 0) is 87.2 Å². The first kappa shape index (κ1) is 68.6. The second kappa shape index (κ2) is 35.1. The van der Waals surface area contributed by atoms with Gasteiger partial charge in [0.05, 0.1) is 24.7 Å². The van der Waals surface area contributed by atoms with Crippen LogP contribution in [0.2, 0.25) is 0 Å². The van der Waals surface area contributed by atoms with Crippen molar-refractivity contribution in [2.75, 3.05) is 26.2 Å². The number of hydrogen-bond acceptors (Lipinski definition) is 15. The van der Waals surface area contributed by atoms with E-state index in [9.17, 15) is 53.1 Å². The third-order valence-electron chi connectivity index (χ3n) is 15.0. The van der Waals surface area contributed by atoms with E-state index in [2.05, 4.69) is 21.3 Å². The normalized spacial score (nSPS) is 28.3. The number of aliphatic hydroxyl groups excluding tert-OH is 1. The molecule has 13 atom stereocenters. The predicted molar refractivity (Wildman–Crippen MR) is 288 cm³/mol. The third-order valence-corrected chi connectivity index (χ3v) is 15.0. The molecule has 0 saturated carbocycles. The van der Waals surface area contributed by atoms with E-state index in [1.165, 1.54) is 0 Å². The standard InChI is InChI=1S/C56H99N7O12/c1-13-34(10)48-29-42(65)24-37(16-19-57)52(70)62-50(35(11)14-2)46(68)26-39(18-21-59)54(72)63-51(36(12)15-3)47(69)27-40(22-31(4)5)44(66)25-38(17-20-58)53(71)61-49(33(8)9)45(67)28-41(23-32(6)7)55(73)60-43(30-64)56(74)75-48/h31-41,43,48-51,64H,13-30,57-59H2,1-12H3,(H,60,73)(H,61,71)(H,62,70)(H,63,72)/t34?,35-,36?,37?,38?,39?,40?,41?,43?,48?,49?,50+,51?/m1/s1. The third kappa shape index (κ3) is 23.4. The van der Waals surface area contributed by atoms with Crippen molar-refractivity contribution in [2.24, 2.45) is 82.3 Å². The number of carbonyl (C=O) groups is 10. The number of amides is 4. The van der Waals surface area contributed by atoms with Gasteiger partial charge in [0.2, 0.25) is 23.6 Å². The van der Waals surface area contributed by atoms with Crippen LogP contribution in [0, 0.1) is 65.1 Å². The van der Waals surface area contributed by atoms with Crippen LogP contribution in [0.3, 0.4) is 0 Å². The molecule has 1 aliphatic rings. The van der Waals surface area contributed by atoms with Gasteiger partial charge in [0.25, 0.3) is 0 Å². The van der Waals surface area contributed by atoms with Gasteiger partial charge in [0.1, 0.15) is 17.7 Å². The number of aliphatic hydroxyl groups is 1. The van der Waals surface area contributed by atoms with Crippen LogP contribution in [-0.4, -0.2) is 120 Å². The number of ether oxygens (including phenoxy) is 1.